The van der Waals surface area contributed by atoms with Crippen molar-refractivity contribution in [2.75, 3.05) is 11.9 Å². The molecule has 7 heteroatoms. The standard InChI is InChI=1S/C23H22N2O5/c1-3-11-30-23(29)14-7-9-16(10-8-14)24-21(27)18-20(26)17-6-4-5-15-12-13(2)25(19(15)17)22(18)28/h4-10,13,26H,3,11-12H2,1-2H3,(H,24,27). The highest BCUT2D eigenvalue weighted by molar-refractivity contribution is 6.09. The summed E-state index contributed by atoms with van der Waals surface area (Å²) >= 11 is 0. The van der Waals surface area contributed by atoms with Crippen LogP contribution in [0.1, 0.15) is 52.6 Å². The third-order valence-corrected chi connectivity index (χ3v) is 5.28. The van der Waals surface area contributed by atoms with Crippen LogP contribution < -0.4 is 10.9 Å². The summed E-state index contributed by atoms with van der Waals surface area (Å²) in [5, 5.41) is 13.8. The van der Waals surface area contributed by atoms with Gasteiger partial charge in [-0.3, -0.25) is 9.59 Å². The van der Waals surface area contributed by atoms with E-state index in [2.05, 4.69) is 5.32 Å². The molecule has 4 rings (SSSR count). The zero-order chi connectivity index (χ0) is 21.4. The second-order valence-electron chi connectivity index (χ2n) is 7.43. The summed E-state index contributed by atoms with van der Waals surface area (Å²) in [6.07, 6.45) is 1.40. The number of nitrogens with zero attached hydrogens (tertiary/aromatic N) is 1. The van der Waals surface area contributed by atoms with Gasteiger partial charge in [-0.15, -0.1) is 0 Å². The largest absolute Gasteiger partial charge is 0.506 e. The van der Waals surface area contributed by atoms with Crippen molar-refractivity contribution >= 4 is 28.5 Å². The number of ether oxygens (including phenoxy) is 1. The first-order valence-electron chi connectivity index (χ1n) is 9.90. The Balaban J connectivity index is 1.65. The number of para-hydroxylation sites is 1. The van der Waals surface area contributed by atoms with Crippen LogP contribution in [0.3, 0.4) is 0 Å². The number of nitrogens with one attached hydrogen (secondary N) is 1. The fraction of sp³-hybridized carbons (Fsp3) is 0.261. The molecule has 154 valence electrons. The van der Waals surface area contributed by atoms with E-state index in [0.717, 1.165) is 12.0 Å². The fourth-order valence-electron chi connectivity index (χ4n) is 3.89. The van der Waals surface area contributed by atoms with Crippen LogP contribution in [0, 0.1) is 0 Å². The maximum absolute atomic E-state index is 13.0. The highest BCUT2D eigenvalue weighted by Gasteiger charge is 2.29. The molecule has 0 bridgehead atoms. The average molecular weight is 406 g/mol. The van der Waals surface area contributed by atoms with Gasteiger partial charge in [-0.05, 0) is 55.7 Å². The predicted molar refractivity (Wildman–Crippen MR) is 113 cm³/mol. The van der Waals surface area contributed by atoms with Gasteiger partial charge in [0, 0.05) is 17.1 Å². The van der Waals surface area contributed by atoms with Gasteiger partial charge in [-0.2, -0.15) is 0 Å². The van der Waals surface area contributed by atoms with E-state index in [1.54, 1.807) is 22.8 Å². The zero-order valence-corrected chi connectivity index (χ0v) is 16.8. The summed E-state index contributed by atoms with van der Waals surface area (Å²) in [4.78, 5) is 37.8. The van der Waals surface area contributed by atoms with Crippen LogP contribution in [0.5, 0.6) is 5.75 Å². The topological polar surface area (TPSA) is 97.6 Å². The lowest BCUT2D eigenvalue weighted by molar-refractivity contribution is 0.0505. The lowest BCUT2D eigenvalue weighted by Gasteiger charge is -2.14. The Hall–Kier alpha value is -3.61. The van der Waals surface area contributed by atoms with Crippen LogP contribution in [0.2, 0.25) is 0 Å². The van der Waals surface area contributed by atoms with E-state index < -0.39 is 17.4 Å². The Labute approximate surface area is 172 Å². The van der Waals surface area contributed by atoms with Crippen LogP contribution in [0.25, 0.3) is 10.9 Å². The first-order valence-corrected chi connectivity index (χ1v) is 9.90. The van der Waals surface area contributed by atoms with E-state index in [0.29, 0.717) is 35.2 Å². The quantitative estimate of drug-likeness (QED) is 0.631. The third kappa shape index (κ3) is 3.22. The molecule has 1 aliphatic rings. The molecule has 30 heavy (non-hydrogen) atoms. The van der Waals surface area contributed by atoms with Gasteiger partial charge in [0.25, 0.3) is 11.5 Å². The second kappa shape index (κ2) is 7.67. The van der Waals surface area contributed by atoms with Crippen molar-refractivity contribution in [3.63, 3.8) is 0 Å². The van der Waals surface area contributed by atoms with Gasteiger partial charge < -0.3 is 19.7 Å². The summed E-state index contributed by atoms with van der Waals surface area (Å²) in [6, 6.07) is 11.5. The molecule has 3 aromatic rings. The van der Waals surface area contributed by atoms with Crippen molar-refractivity contribution in [1.29, 1.82) is 0 Å². The van der Waals surface area contributed by atoms with Crippen LogP contribution in [-0.2, 0) is 11.2 Å². The maximum atomic E-state index is 13.0. The van der Waals surface area contributed by atoms with Gasteiger partial charge in [0.2, 0.25) is 0 Å². The molecule has 0 saturated carbocycles. The number of pyridine rings is 1. The molecule has 1 atom stereocenters. The van der Waals surface area contributed by atoms with Crippen molar-refractivity contribution in [3.8, 4) is 5.75 Å². The van der Waals surface area contributed by atoms with E-state index in [-0.39, 0.29) is 17.4 Å². The first kappa shape index (κ1) is 19.7. The molecule has 2 heterocycles. The van der Waals surface area contributed by atoms with Crippen LogP contribution in [0.4, 0.5) is 5.69 Å². The predicted octanol–water partition coefficient (Wildman–Crippen LogP) is 3.64. The summed E-state index contributed by atoms with van der Waals surface area (Å²) in [5.41, 5.74) is 1.61. The first-order chi connectivity index (χ1) is 14.4. The van der Waals surface area contributed by atoms with E-state index in [4.69, 9.17) is 4.74 Å². The number of hydrogen-bond donors (Lipinski definition) is 2. The molecule has 1 aromatic heterocycles. The summed E-state index contributed by atoms with van der Waals surface area (Å²) in [7, 11) is 0. The number of rotatable bonds is 5. The minimum atomic E-state index is -0.700. The molecule has 1 amide bonds. The minimum absolute atomic E-state index is 0.0991. The fourth-order valence-corrected chi connectivity index (χ4v) is 3.89. The summed E-state index contributed by atoms with van der Waals surface area (Å²) in [5.74, 6) is -1.46. The Bertz CT molecular complexity index is 1210. The molecule has 1 unspecified atom stereocenters. The molecule has 2 N–H and O–H groups in total. The normalized spacial score (nSPS) is 14.7. The van der Waals surface area contributed by atoms with Crippen molar-refractivity contribution in [3.05, 3.63) is 69.5 Å². The highest BCUT2D eigenvalue weighted by Crippen LogP contribution is 2.36. The Morgan fingerprint density at radius 3 is 2.63 bits per heavy atom. The Morgan fingerprint density at radius 1 is 1.20 bits per heavy atom. The van der Waals surface area contributed by atoms with Crippen LogP contribution >= 0.6 is 0 Å². The number of esters is 1. The third-order valence-electron chi connectivity index (χ3n) is 5.28. The van der Waals surface area contributed by atoms with Crippen molar-refractivity contribution in [1.82, 2.24) is 4.57 Å². The molecule has 0 spiro atoms. The van der Waals surface area contributed by atoms with E-state index in [9.17, 15) is 19.5 Å². The second-order valence-corrected chi connectivity index (χ2v) is 7.43. The molecule has 0 aliphatic carbocycles. The molecule has 7 nitrogen and oxygen atoms in total. The molecule has 1 aliphatic heterocycles. The van der Waals surface area contributed by atoms with Gasteiger partial charge in [0.1, 0.15) is 11.3 Å². The Kier molecular flexibility index (Phi) is 5.03. The zero-order valence-electron chi connectivity index (χ0n) is 16.8. The number of aromatic nitrogens is 1. The molecule has 0 radical (unpaired) electrons. The van der Waals surface area contributed by atoms with Crippen LogP contribution in [0.15, 0.2) is 47.3 Å². The summed E-state index contributed by atoms with van der Waals surface area (Å²) < 4.78 is 6.65. The highest BCUT2D eigenvalue weighted by atomic mass is 16.5. The molecule has 0 fully saturated rings. The number of anilines is 1. The van der Waals surface area contributed by atoms with Crippen molar-refractivity contribution < 1.29 is 19.4 Å². The number of carbonyl (C=O) groups is 2. The molecular formula is C23H22N2O5. The molecular weight excluding hydrogens is 384 g/mol. The monoisotopic (exact) mass is 406 g/mol. The van der Waals surface area contributed by atoms with Gasteiger partial charge in [0.05, 0.1) is 17.7 Å². The summed E-state index contributed by atoms with van der Waals surface area (Å²) in [6.45, 7) is 4.16. The van der Waals surface area contributed by atoms with E-state index in [1.165, 1.54) is 12.1 Å². The molecule has 2 aromatic carbocycles. The SMILES string of the molecule is CCCOC(=O)c1ccc(NC(=O)c2c(O)c3cccc4c3n(c2=O)C(C)C4)cc1. The van der Waals surface area contributed by atoms with Gasteiger partial charge >= 0.3 is 5.97 Å². The number of aromatic hydroxyl groups is 1. The van der Waals surface area contributed by atoms with Crippen LogP contribution in [-0.4, -0.2) is 28.2 Å². The lowest BCUT2D eigenvalue weighted by atomic mass is 10.1. The number of amides is 1. The number of carbonyl (C=O) groups excluding carboxylic acids is 2. The smallest absolute Gasteiger partial charge is 0.338 e. The van der Waals surface area contributed by atoms with Crippen molar-refractivity contribution in [2.24, 2.45) is 0 Å². The van der Waals surface area contributed by atoms with Gasteiger partial charge in [0.15, 0.2) is 0 Å². The average Bonchev–Trinajstić information content (AvgIpc) is 3.07. The minimum Gasteiger partial charge on any atom is -0.506 e. The molecule has 0 saturated heterocycles. The maximum Gasteiger partial charge on any atom is 0.338 e. The lowest BCUT2D eigenvalue weighted by Crippen LogP contribution is -2.30. The Morgan fingerprint density at radius 2 is 1.93 bits per heavy atom. The van der Waals surface area contributed by atoms with E-state index in [1.807, 2.05) is 26.0 Å². The number of hydrogen-bond acceptors (Lipinski definition) is 5. The van der Waals surface area contributed by atoms with Crippen molar-refractivity contribution in [2.45, 2.75) is 32.7 Å². The van der Waals surface area contributed by atoms with Gasteiger partial charge in [-0.1, -0.05) is 19.1 Å². The van der Waals surface area contributed by atoms with E-state index >= 15 is 0 Å². The number of benzene rings is 2. The van der Waals surface area contributed by atoms with Gasteiger partial charge in [-0.25, -0.2) is 4.79 Å².